The predicted octanol–water partition coefficient (Wildman–Crippen LogP) is 3.79. The minimum absolute atomic E-state index is 0.0445. The van der Waals surface area contributed by atoms with Crippen LogP contribution in [0.25, 0.3) is 0 Å². The number of piperidine rings is 1. The average molecular weight is 401 g/mol. The summed E-state index contributed by atoms with van der Waals surface area (Å²) in [4.78, 5) is 24.0. The van der Waals surface area contributed by atoms with Crippen LogP contribution < -0.4 is 5.32 Å². The number of hydrogen-bond donors (Lipinski definition) is 1. The molecule has 0 radical (unpaired) electrons. The molecule has 2 atom stereocenters. The molecule has 1 saturated heterocycles. The Labute approximate surface area is 178 Å². The number of carbonyl (C=O) groups is 1. The smallest absolute Gasteiger partial charge is 0.224 e. The summed E-state index contributed by atoms with van der Waals surface area (Å²) in [7, 11) is 0. The van der Waals surface area contributed by atoms with Gasteiger partial charge in [0.2, 0.25) is 5.91 Å². The van der Waals surface area contributed by atoms with Crippen LogP contribution in [0.1, 0.15) is 35.7 Å². The number of nitrogens with one attached hydrogen (secondary N) is 1. The summed E-state index contributed by atoms with van der Waals surface area (Å²) in [5.74, 6) is 0.373. The third-order valence-electron chi connectivity index (χ3n) is 5.70. The second-order valence-electron chi connectivity index (χ2n) is 7.96. The number of likely N-dealkylation sites (tertiary alicyclic amines) is 1. The summed E-state index contributed by atoms with van der Waals surface area (Å²) in [6.07, 6.45) is 8.09. The van der Waals surface area contributed by atoms with E-state index in [0.29, 0.717) is 12.3 Å². The maximum absolute atomic E-state index is 12.9. The van der Waals surface area contributed by atoms with Gasteiger partial charge in [0.05, 0.1) is 18.2 Å². The minimum atomic E-state index is -0.0809. The van der Waals surface area contributed by atoms with Gasteiger partial charge in [-0.25, -0.2) is 0 Å². The molecule has 5 nitrogen and oxygen atoms in total. The van der Waals surface area contributed by atoms with Gasteiger partial charge < -0.3 is 5.32 Å². The van der Waals surface area contributed by atoms with Crippen molar-refractivity contribution >= 4 is 5.91 Å². The number of carbonyl (C=O) groups excluding carboxylic acids is 1. The van der Waals surface area contributed by atoms with E-state index in [2.05, 4.69) is 32.3 Å². The first-order valence-corrected chi connectivity index (χ1v) is 10.6. The molecule has 0 spiro atoms. The topological polar surface area (TPSA) is 58.1 Å². The van der Waals surface area contributed by atoms with Gasteiger partial charge in [-0.2, -0.15) is 0 Å². The molecule has 1 N–H and O–H groups in total. The zero-order valence-electron chi connectivity index (χ0n) is 17.2. The van der Waals surface area contributed by atoms with Crippen LogP contribution in [0.15, 0.2) is 79.3 Å². The van der Waals surface area contributed by atoms with Gasteiger partial charge in [0.1, 0.15) is 0 Å². The summed E-state index contributed by atoms with van der Waals surface area (Å²) in [6.45, 7) is 2.92. The van der Waals surface area contributed by atoms with Gasteiger partial charge in [-0.3, -0.25) is 19.7 Å². The van der Waals surface area contributed by atoms with Crippen LogP contribution >= 0.6 is 0 Å². The average Bonchev–Trinajstić information content (AvgIpc) is 2.80. The van der Waals surface area contributed by atoms with E-state index in [9.17, 15) is 4.79 Å². The third kappa shape index (κ3) is 5.51. The monoisotopic (exact) mass is 400 g/mol. The van der Waals surface area contributed by atoms with Gasteiger partial charge in [0.15, 0.2) is 0 Å². The molecule has 0 unspecified atom stereocenters. The highest BCUT2D eigenvalue weighted by molar-refractivity contribution is 5.79. The van der Waals surface area contributed by atoms with Crippen LogP contribution in [0.3, 0.4) is 0 Å². The van der Waals surface area contributed by atoms with E-state index in [1.165, 1.54) is 5.56 Å². The molecule has 154 valence electrons. The SMILES string of the molecule is O=C(Cc1ccccc1)N[C@@H](c1ccccn1)[C@@H]1CCCN(Cc2ccncc2)C1. The summed E-state index contributed by atoms with van der Waals surface area (Å²) < 4.78 is 0. The minimum Gasteiger partial charge on any atom is -0.347 e. The highest BCUT2D eigenvalue weighted by atomic mass is 16.1. The predicted molar refractivity (Wildman–Crippen MR) is 118 cm³/mol. The zero-order chi connectivity index (χ0) is 20.6. The maximum Gasteiger partial charge on any atom is 0.224 e. The Morgan fingerprint density at radius 3 is 2.57 bits per heavy atom. The second kappa shape index (κ2) is 10.1. The molecule has 1 aromatic carbocycles. The van der Waals surface area contributed by atoms with Crippen molar-refractivity contribution in [3.8, 4) is 0 Å². The van der Waals surface area contributed by atoms with Crippen molar-refractivity contribution in [3.05, 3.63) is 96.1 Å². The van der Waals surface area contributed by atoms with E-state index in [-0.39, 0.29) is 11.9 Å². The quantitative estimate of drug-likeness (QED) is 0.656. The number of amides is 1. The molecule has 0 aliphatic carbocycles. The molecule has 4 rings (SSSR count). The van der Waals surface area contributed by atoms with Crippen LogP contribution in [-0.4, -0.2) is 33.9 Å². The Kier molecular flexibility index (Phi) is 6.83. The second-order valence-corrected chi connectivity index (χ2v) is 7.96. The molecular weight excluding hydrogens is 372 g/mol. The molecule has 30 heavy (non-hydrogen) atoms. The standard InChI is InChI=1S/C25H28N4O/c30-24(17-20-7-2-1-3-8-20)28-25(23-10-4-5-13-27-23)22-9-6-16-29(19-22)18-21-11-14-26-15-12-21/h1-5,7-8,10-15,22,25H,6,9,16-19H2,(H,28,30)/t22-,25-/m1/s1. The number of aromatic nitrogens is 2. The zero-order valence-corrected chi connectivity index (χ0v) is 17.2. The van der Waals surface area contributed by atoms with E-state index in [0.717, 1.165) is 43.7 Å². The third-order valence-corrected chi connectivity index (χ3v) is 5.70. The van der Waals surface area contributed by atoms with Crippen molar-refractivity contribution in [2.45, 2.75) is 31.8 Å². The van der Waals surface area contributed by atoms with Crippen molar-refractivity contribution < 1.29 is 4.79 Å². The van der Waals surface area contributed by atoms with E-state index in [1.807, 2.05) is 67.1 Å². The summed E-state index contributed by atoms with van der Waals surface area (Å²) >= 11 is 0. The fourth-order valence-electron chi connectivity index (χ4n) is 4.25. The van der Waals surface area contributed by atoms with E-state index in [1.54, 1.807) is 0 Å². The van der Waals surface area contributed by atoms with Gasteiger partial charge >= 0.3 is 0 Å². The highest BCUT2D eigenvalue weighted by Gasteiger charge is 2.30. The van der Waals surface area contributed by atoms with E-state index < -0.39 is 0 Å². The normalized spacial score (nSPS) is 17.9. The Hall–Kier alpha value is -3.05. The van der Waals surface area contributed by atoms with Crippen LogP contribution in [0.4, 0.5) is 0 Å². The lowest BCUT2D eigenvalue weighted by molar-refractivity contribution is -0.121. The Balaban J connectivity index is 1.47. The van der Waals surface area contributed by atoms with Crippen LogP contribution in [-0.2, 0) is 17.8 Å². The largest absolute Gasteiger partial charge is 0.347 e. The van der Waals surface area contributed by atoms with Crippen molar-refractivity contribution in [1.82, 2.24) is 20.2 Å². The number of rotatable bonds is 7. The first-order valence-electron chi connectivity index (χ1n) is 10.6. The maximum atomic E-state index is 12.9. The number of benzene rings is 1. The first-order chi connectivity index (χ1) is 14.8. The molecule has 1 fully saturated rings. The molecule has 0 saturated carbocycles. The first kappa shape index (κ1) is 20.2. The molecular formula is C25H28N4O. The molecule has 1 amide bonds. The summed E-state index contributed by atoms with van der Waals surface area (Å²) in [5.41, 5.74) is 3.24. The lowest BCUT2D eigenvalue weighted by Crippen LogP contribution is -2.43. The Bertz CT molecular complexity index is 918. The van der Waals surface area contributed by atoms with Gasteiger partial charge in [-0.05, 0) is 60.7 Å². The molecule has 1 aliphatic rings. The summed E-state index contributed by atoms with van der Waals surface area (Å²) in [6, 6.07) is 19.9. The van der Waals surface area contributed by atoms with Crippen LogP contribution in [0.2, 0.25) is 0 Å². The van der Waals surface area contributed by atoms with Gasteiger partial charge in [0, 0.05) is 31.7 Å². The number of nitrogens with zero attached hydrogens (tertiary/aromatic N) is 3. The molecule has 0 bridgehead atoms. The van der Waals surface area contributed by atoms with Crippen molar-refractivity contribution in [2.24, 2.45) is 5.92 Å². The van der Waals surface area contributed by atoms with Crippen molar-refractivity contribution in [3.63, 3.8) is 0 Å². The lowest BCUT2D eigenvalue weighted by atomic mass is 9.88. The molecule has 3 aromatic rings. The Morgan fingerprint density at radius 2 is 1.80 bits per heavy atom. The molecule has 5 heteroatoms. The van der Waals surface area contributed by atoms with Gasteiger partial charge in [-0.1, -0.05) is 36.4 Å². The van der Waals surface area contributed by atoms with Crippen molar-refractivity contribution in [2.75, 3.05) is 13.1 Å². The van der Waals surface area contributed by atoms with Gasteiger partial charge in [0.25, 0.3) is 0 Å². The van der Waals surface area contributed by atoms with Crippen molar-refractivity contribution in [1.29, 1.82) is 0 Å². The number of pyridine rings is 2. The van der Waals surface area contributed by atoms with Crippen LogP contribution in [0.5, 0.6) is 0 Å². The fourth-order valence-corrected chi connectivity index (χ4v) is 4.25. The molecule has 3 heterocycles. The molecule has 1 aliphatic heterocycles. The van der Waals surface area contributed by atoms with E-state index >= 15 is 0 Å². The molecule has 2 aromatic heterocycles. The lowest BCUT2D eigenvalue weighted by Gasteiger charge is -2.37. The Morgan fingerprint density at radius 1 is 1.00 bits per heavy atom. The van der Waals surface area contributed by atoms with Crippen LogP contribution in [0, 0.1) is 5.92 Å². The van der Waals surface area contributed by atoms with Gasteiger partial charge in [-0.15, -0.1) is 0 Å². The fraction of sp³-hybridized carbons (Fsp3) is 0.320. The number of hydrogen-bond acceptors (Lipinski definition) is 4. The highest BCUT2D eigenvalue weighted by Crippen LogP contribution is 2.29. The van der Waals surface area contributed by atoms with E-state index in [4.69, 9.17) is 0 Å². The summed E-state index contributed by atoms with van der Waals surface area (Å²) in [5, 5.41) is 3.30.